The van der Waals surface area contributed by atoms with Crippen LogP contribution in [-0.4, -0.2) is 59.6 Å². The van der Waals surface area contributed by atoms with Crippen molar-refractivity contribution >= 4 is 5.97 Å². The van der Waals surface area contributed by atoms with Crippen LogP contribution in [0.25, 0.3) is 0 Å². The Bertz CT molecular complexity index is 659. The van der Waals surface area contributed by atoms with Crippen LogP contribution in [0.3, 0.4) is 0 Å². The third kappa shape index (κ3) is 4.18. The van der Waals surface area contributed by atoms with Gasteiger partial charge < -0.3 is 14.2 Å². The first-order valence-electron chi connectivity index (χ1n) is 9.56. The van der Waals surface area contributed by atoms with Gasteiger partial charge in [-0.2, -0.15) is 0 Å². The van der Waals surface area contributed by atoms with Crippen LogP contribution in [0, 0.1) is 5.41 Å². The number of likely N-dealkylation sites (tertiary alicyclic amines) is 1. The molecule has 0 aromatic carbocycles. The zero-order valence-corrected chi connectivity index (χ0v) is 17.4. The van der Waals surface area contributed by atoms with Gasteiger partial charge in [0.05, 0.1) is 18.8 Å². The van der Waals surface area contributed by atoms with Gasteiger partial charge in [-0.15, -0.1) is 0 Å². The van der Waals surface area contributed by atoms with Crippen molar-refractivity contribution in [3.05, 3.63) is 30.1 Å². The molecule has 1 aromatic rings. The van der Waals surface area contributed by atoms with E-state index in [0.717, 1.165) is 12.8 Å². The van der Waals surface area contributed by atoms with Gasteiger partial charge in [-0.05, 0) is 46.9 Å². The Morgan fingerprint density at radius 1 is 1.15 bits per heavy atom. The highest BCUT2D eigenvalue weighted by atomic mass is 16.7. The summed E-state index contributed by atoms with van der Waals surface area (Å²) in [5, 5.41) is 0. The first-order chi connectivity index (χ1) is 12.5. The fourth-order valence-corrected chi connectivity index (χ4v) is 4.23. The highest BCUT2D eigenvalue weighted by Crippen LogP contribution is 2.47. The Morgan fingerprint density at radius 3 is 2.26 bits per heavy atom. The average molecular weight is 376 g/mol. The van der Waals surface area contributed by atoms with Crippen LogP contribution in [0.1, 0.15) is 57.8 Å². The lowest BCUT2D eigenvalue weighted by Crippen LogP contribution is -2.67. The lowest BCUT2D eigenvalue weighted by molar-refractivity contribution is -0.341. The summed E-state index contributed by atoms with van der Waals surface area (Å²) >= 11 is 0. The number of rotatable bonds is 3. The third-order valence-corrected chi connectivity index (χ3v) is 6.04. The SMILES string of the molecule is CN1C(C)(C)CC2(CC1(C)C)OCC(C)(COC(=O)c1cccnc1)CO2. The molecular formula is C21H32N2O4. The highest BCUT2D eigenvalue weighted by molar-refractivity contribution is 5.88. The van der Waals surface area contributed by atoms with Crippen molar-refractivity contribution < 1.29 is 19.0 Å². The molecule has 1 aromatic heterocycles. The lowest BCUT2D eigenvalue weighted by atomic mass is 9.75. The van der Waals surface area contributed by atoms with E-state index in [9.17, 15) is 4.79 Å². The Balaban J connectivity index is 1.61. The summed E-state index contributed by atoms with van der Waals surface area (Å²) in [7, 11) is 2.16. The van der Waals surface area contributed by atoms with Crippen molar-refractivity contribution in [2.45, 2.75) is 64.3 Å². The number of hydrogen-bond acceptors (Lipinski definition) is 6. The van der Waals surface area contributed by atoms with Crippen LogP contribution in [0.2, 0.25) is 0 Å². The molecule has 6 heteroatoms. The first kappa shape index (κ1) is 20.2. The van der Waals surface area contributed by atoms with E-state index in [-0.39, 0.29) is 29.1 Å². The topological polar surface area (TPSA) is 60.9 Å². The summed E-state index contributed by atoms with van der Waals surface area (Å²) in [4.78, 5) is 18.5. The predicted molar refractivity (Wildman–Crippen MR) is 102 cm³/mol. The molecule has 0 amide bonds. The van der Waals surface area contributed by atoms with Crippen LogP contribution in [0.15, 0.2) is 24.5 Å². The quantitative estimate of drug-likeness (QED) is 0.755. The van der Waals surface area contributed by atoms with Gasteiger partial charge in [-0.25, -0.2) is 4.79 Å². The Morgan fingerprint density at radius 2 is 1.74 bits per heavy atom. The molecule has 2 aliphatic heterocycles. The average Bonchev–Trinajstić information content (AvgIpc) is 2.61. The molecule has 2 aliphatic rings. The number of esters is 1. The molecule has 0 N–H and O–H groups in total. The molecule has 27 heavy (non-hydrogen) atoms. The van der Waals surface area contributed by atoms with Gasteiger partial charge in [-0.1, -0.05) is 6.92 Å². The molecule has 0 atom stereocenters. The van der Waals surface area contributed by atoms with E-state index >= 15 is 0 Å². The molecule has 6 nitrogen and oxygen atoms in total. The molecule has 2 saturated heterocycles. The first-order valence-corrected chi connectivity index (χ1v) is 9.56. The molecule has 0 saturated carbocycles. The zero-order chi connectivity index (χ0) is 19.9. The van der Waals surface area contributed by atoms with Crippen LogP contribution >= 0.6 is 0 Å². The molecule has 0 bridgehead atoms. The number of nitrogens with zero attached hydrogens (tertiary/aromatic N) is 2. The number of piperidine rings is 1. The maximum Gasteiger partial charge on any atom is 0.339 e. The number of aromatic nitrogens is 1. The van der Waals surface area contributed by atoms with E-state index in [1.54, 1.807) is 18.3 Å². The van der Waals surface area contributed by atoms with Gasteiger partial charge in [0.1, 0.15) is 6.61 Å². The largest absolute Gasteiger partial charge is 0.461 e. The van der Waals surface area contributed by atoms with Crippen molar-refractivity contribution in [2.24, 2.45) is 5.41 Å². The molecule has 0 unspecified atom stereocenters. The van der Waals surface area contributed by atoms with Crippen LogP contribution in [-0.2, 0) is 14.2 Å². The minimum atomic E-state index is -0.577. The van der Waals surface area contributed by atoms with Crippen molar-refractivity contribution in [1.29, 1.82) is 0 Å². The zero-order valence-electron chi connectivity index (χ0n) is 17.4. The molecule has 3 rings (SSSR count). The molecular weight excluding hydrogens is 344 g/mol. The fraction of sp³-hybridized carbons (Fsp3) is 0.714. The van der Waals surface area contributed by atoms with Gasteiger partial charge >= 0.3 is 5.97 Å². The third-order valence-electron chi connectivity index (χ3n) is 6.04. The summed E-state index contributed by atoms with van der Waals surface area (Å²) in [6, 6.07) is 3.42. The summed E-state index contributed by atoms with van der Waals surface area (Å²) in [5.74, 6) is -0.946. The van der Waals surface area contributed by atoms with Crippen molar-refractivity contribution in [2.75, 3.05) is 26.9 Å². The van der Waals surface area contributed by atoms with E-state index in [1.807, 2.05) is 6.92 Å². The highest BCUT2D eigenvalue weighted by Gasteiger charge is 2.55. The van der Waals surface area contributed by atoms with E-state index in [2.05, 4.69) is 44.6 Å². The van der Waals surface area contributed by atoms with Gasteiger partial charge in [0.15, 0.2) is 5.79 Å². The van der Waals surface area contributed by atoms with Gasteiger partial charge in [0.25, 0.3) is 0 Å². The van der Waals surface area contributed by atoms with Crippen molar-refractivity contribution in [1.82, 2.24) is 9.88 Å². The van der Waals surface area contributed by atoms with Crippen LogP contribution in [0.4, 0.5) is 0 Å². The maximum absolute atomic E-state index is 12.2. The Kier molecular flexibility index (Phi) is 5.12. The second-order valence-corrected chi connectivity index (χ2v) is 9.65. The second kappa shape index (κ2) is 6.83. The van der Waals surface area contributed by atoms with Crippen molar-refractivity contribution in [3.8, 4) is 0 Å². The standard InChI is InChI=1S/C21H32N2O4/c1-18(2)11-21(12-19(3,4)23(18)6)26-14-20(5,15-27-21)13-25-17(24)16-8-7-9-22-10-16/h7-10H,11-15H2,1-6H3. The van der Waals surface area contributed by atoms with Gasteiger partial charge in [0, 0.05) is 41.7 Å². The Labute approximate surface area is 162 Å². The van der Waals surface area contributed by atoms with E-state index in [4.69, 9.17) is 14.2 Å². The van der Waals surface area contributed by atoms with E-state index in [1.165, 1.54) is 6.20 Å². The number of hydrogen-bond donors (Lipinski definition) is 0. The lowest BCUT2D eigenvalue weighted by Gasteiger charge is -2.59. The van der Waals surface area contributed by atoms with E-state index in [0.29, 0.717) is 18.8 Å². The number of ether oxygens (including phenoxy) is 3. The summed E-state index contributed by atoms with van der Waals surface area (Å²) in [5.41, 5.74) is 0.0414. The summed E-state index contributed by atoms with van der Waals surface area (Å²) in [6.07, 6.45) is 4.76. The van der Waals surface area contributed by atoms with Gasteiger partial charge in [0.2, 0.25) is 0 Å². The number of carbonyl (C=O) groups excluding carboxylic acids is 1. The minimum absolute atomic E-state index is 0.0255. The fourth-order valence-electron chi connectivity index (χ4n) is 4.23. The maximum atomic E-state index is 12.2. The van der Waals surface area contributed by atoms with Crippen molar-refractivity contribution in [3.63, 3.8) is 0 Å². The van der Waals surface area contributed by atoms with E-state index < -0.39 is 5.79 Å². The summed E-state index contributed by atoms with van der Waals surface area (Å²) < 4.78 is 18.2. The summed E-state index contributed by atoms with van der Waals surface area (Å²) in [6.45, 7) is 12.2. The smallest absolute Gasteiger partial charge is 0.339 e. The second-order valence-electron chi connectivity index (χ2n) is 9.65. The molecule has 0 aliphatic carbocycles. The monoisotopic (exact) mass is 376 g/mol. The molecule has 1 spiro atoms. The predicted octanol–water partition coefficient (Wildman–Crippen LogP) is 3.27. The minimum Gasteiger partial charge on any atom is -0.461 e. The van der Waals surface area contributed by atoms with Gasteiger partial charge in [-0.3, -0.25) is 9.88 Å². The number of carbonyl (C=O) groups is 1. The Hall–Kier alpha value is -1.50. The molecule has 3 heterocycles. The number of pyridine rings is 1. The molecule has 0 radical (unpaired) electrons. The molecule has 150 valence electrons. The normalized spacial score (nSPS) is 25.9. The van der Waals surface area contributed by atoms with Crippen LogP contribution < -0.4 is 0 Å². The van der Waals surface area contributed by atoms with Crippen LogP contribution in [0.5, 0.6) is 0 Å². The molecule has 2 fully saturated rings.